The van der Waals surface area contributed by atoms with Gasteiger partial charge < -0.3 is 5.73 Å². The van der Waals surface area contributed by atoms with Crippen molar-refractivity contribution in [3.05, 3.63) is 57.0 Å². The zero-order valence-electron chi connectivity index (χ0n) is 10.7. The normalized spacial score (nSPS) is 10.8. The van der Waals surface area contributed by atoms with Crippen LogP contribution in [0.15, 0.2) is 46.9 Å². The zero-order valence-corrected chi connectivity index (χ0v) is 13.8. The number of H-pyrrole nitrogens is 1. The van der Waals surface area contributed by atoms with Gasteiger partial charge in [-0.3, -0.25) is 5.10 Å². The highest BCUT2D eigenvalue weighted by atomic mass is 79.9. The first kappa shape index (κ1) is 14.4. The maximum atomic E-state index is 6.09. The molecule has 3 aromatic rings. The quantitative estimate of drug-likeness (QED) is 0.623. The summed E-state index contributed by atoms with van der Waals surface area (Å²) in [6, 6.07) is 13.3. The van der Waals surface area contributed by atoms with Gasteiger partial charge in [-0.05, 0) is 29.8 Å². The van der Waals surface area contributed by atoms with Crippen molar-refractivity contribution in [1.29, 1.82) is 0 Å². The Morgan fingerprint density at radius 2 is 1.62 bits per heavy atom. The fraction of sp³-hybridized carbons (Fsp3) is 0. The SMILES string of the molecule is Nc1n[nH]c(-c2ccc(Br)cc2)c1-c1ccc(Cl)c(Cl)c1. The van der Waals surface area contributed by atoms with Crippen molar-refractivity contribution in [3.8, 4) is 22.4 Å². The summed E-state index contributed by atoms with van der Waals surface area (Å²) in [5.74, 6) is 0.423. The van der Waals surface area contributed by atoms with Gasteiger partial charge in [0.25, 0.3) is 0 Å². The molecule has 6 heteroatoms. The number of rotatable bonds is 2. The van der Waals surface area contributed by atoms with E-state index in [-0.39, 0.29) is 0 Å². The smallest absolute Gasteiger partial charge is 0.153 e. The predicted octanol–water partition coefficient (Wildman–Crippen LogP) is 5.40. The minimum absolute atomic E-state index is 0.423. The van der Waals surface area contributed by atoms with E-state index in [9.17, 15) is 0 Å². The molecule has 0 atom stereocenters. The van der Waals surface area contributed by atoms with Crippen LogP contribution in [0.1, 0.15) is 0 Å². The summed E-state index contributed by atoms with van der Waals surface area (Å²) in [5, 5.41) is 8.07. The summed E-state index contributed by atoms with van der Waals surface area (Å²) < 4.78 is 1.01. The number of nitrogen functional groups attached to an aromatic ring is 1. The molecular weight excluding hydrogens is 373 g/mol. The molecule has 3 rings (SSSR count). The van der Waals surface area contributed by atoms with Crippen LogP contribution in [0.5, 0.6) is 0 Å². The van der Waals surface area contributed by atoms with Crippen LogP contribution in [0.4, 0.5) is 5.82 Å². The summed E-state index contributed by atoms with van der Waals surface area (Å²) in [6.45, 7) is 0. The molecule has 0 saturated heterocycles. The van der Waals surface area contributed by atoms with E-state index in [4.69, 9.17) is 28.9 Å². The highest BCUT2D eigenvalue weighted by Crippen LogP contribution is 2.37. The molecule has 0 aliphatic rings. The van der Waals surface area contributed by atoms with Crippen LogP contribution in [0, 0.1) is 0 Å². The van der Waals surface area contributed by atoms with Crippen molar-refractivity contribution in [2.45, 2.75) is 0 Å². The number of benzene rings is 2. The van der Waals surface area contributed by atoms with Gasteiger partial charge in [-0.2, -0.15) is 5.10 Å². The van der Waals surface area contributed by atoms with Crippen LogP contribution in [-0.2, 0) is 0 Å². The molecule has 0 unspecified atom stereocenters. The third-order valence-corrected chi connectivity index (χ3v) is 4.40. The van der Waals surface area contributed by atoms with Gasteiger partial charge in [0.1, 0.15) is 0 Å². The van der Waals surface area contributed by atoms with E-state index < -0.39 is 0 Å². The zero-order chi connectivity index (χ0) is 15.0. The van der Waals surface area contributed by atoms with Crippen molar-refractivity contribution in [2.24, 2.45) is 0 Å². The number of aromatic nitrogens is 2. The number of nitrogens with two attached hydrogens (primary N) is 1. The summed E-state index contributed by atoms with van der Waals surface area (Å²) in [4.78, 5) is 0. The molecule has 0 spiro atoms. The molecular formula is C15H10BrCl2N3. The largest absolute Gasteiger partial charge is 0.382 e. The average Bonchev–Trinajstić information content (AvgIpc) is 2.85. The molecule has 0 radical (unpaired) electrons. The van der Waals surface area contributed by atoms with Gasteiger partial charge in [0.2, 0.25) is 0 Å². The summed E-state index contributed by atoms with van der Waals surface area (Å²) >= 11 is 15.5. The molecule has 1 heterocycles. The van der Waals surface area contributed by atoms with Gasteiger partial charge in [-0.15, -0.1) is 0 Å². The number of hydrogen-bond donors (Lipinski definition) is 2. The number of nitrogens with one attached hydrogen (secondary N) is 1. The van der Waals surface area contributed by atoms with Crippen molar-refractivity contribution < 1.29 is 0 Å². The topological polar surface area (TPSA) is 54.7 Å². The summed E-state index contributed by atoms with van der Waals surface area (Å²) in [5.41, 5.74) is 9.52. The van der Waals surface area contributed by atoms with E-state index in [2.05, 4.69) is 26.1 Å². The Kier molecular flexibility index (Phi) is 3.93. The van der Waals surface area contributed by atoms with Crippen LogP contribution < -0.4 is 5.73 Å². The van der Waals surface area contributed by atoms with Crippen LogP contribution in [0.25, 0.3) is 22.4 Å². The minimum Gasteiger partial charge on any atom is -0.382 e. The molecule has 106 valence electrons. The Labute approximate surface area is 140 Å². The lowest BCUT2D eigenvalue weighted by atomic mass is 10.0. The standard InChI is InChI=1S/C15H10BrCl2N3/c16-10-4-1-8(2-5-10)14-13(15(19)21-20-14)9-3-6-11(17)12(18)7-9/h1-7H,(H3,19,20,21). The Bertz CT molecular complexity index is 797. The summed E-state index contributed by atoms with van der Waals surface area (Å²) in [7, 11) is 0. The third kappa shape index (κ3) is 2.79. The minimum atomic E-state index is 0.423. The Balaban J connectivity index is 2.16. The van der Waals surface area contributed by atoms with Crippen molar-refractivity contribution in [2.75, 3.05) is 5.73 Å². The molecule has 0 bridgehead atoms. The second-order valence-electron chi connectivity index (χ2n) is 4.49. The Hall–Kier alpha value is -1.49. The predicted molar refractivity (Wildman–Crippen MR) is 91.6 cm³/mol. The highest BCUT2D eigenvalue weighted by Gasteiger charge is 2.15. The number of hydrogen-bond acceptors (Lipinski definition) is 2. The first-order chi connectivity index (χ1) is 10.1. The molecule has 1 aromatic heterocycles. The Morgan fingerprint density at radius 3 is 2.29 bits per heavy atom. The maximum absolute atomic E-state index is 6.09. The van der Waals surface area contributed by atoms with Crippen LogP contribution in [0.2, 0.25) is 10.0 Å². The van der Waals surface area contributed by atoms with Gasteiger partial charge in [-0.1, -0.05) is 57.3 Å². The molecule has 0 saturated carbocycles. The van der Waals surface area contributed by atoms with Gasteiger partial charge in [0.15, 0.2) is 5.82 Å². The molecule has 0 fully saturated rings. The van der Waals surface area contributed by atoms with E-state index in [1.54, 1.807) is 12.1 Å². The lowest BCUT2D eigenvalue weighted by molar-refractivity contribution is 1.10. The number of halogens is 3. The Morgan fingerprint density at radius 1 is 0.952 bits per heavy atom. The molecule has 0 aliphatic heterocycles. The van der Waals surface area contributed by atoms with Crippen LogP contribution in [0.3, 0.4) is 0 Å². The summed E-state index contributed by atoms with van der Waals surface area (Å²) in [6.07, 6.45) is 0. The number of aromatic amines is 1. The maximum Gasteiger partial charge on any atom is 0.153 e. The number of anilines is 1. The average molecular weight is 383 g/mol. The second-order valence-corrected chi connectivity index (χ2v) is 6.22. The highest BCUT2D eigenvalue weighted by molar-refractivity contribution is 9.10. The van der Waals surface area contributed by atoms with E-state index in [1.807, 2.05) is 30.3 Å². The monoisotopic (exact) mass is 381 g/mol. The lowest BCUT2D eigenvalue weighted by Crippen LogP contribution is -1.89. The first-order valence-electron chi connectivity index (χ1n) is 6.11. The fourth-order valence-corrected chi connectivity index (χ4v) is 2.69. The van der Waals surface area contributed by atoms with E-state index in [0.717, 1.165) is 26.9 Å². The van der Waals surface area contributed by atoms with Crippen molar-refractivity contribution >= 4 is 44.9 Å². The lowest BCUT2D eigenvalue weighted by Gasteiger charge is -2.06. The third-order valence-electron chi connectivity index (χ3n) is 3.14. The van der Waals surface area contributed by atoms with E-state index >= 15 is 0 Å². The van der Waals surface area contributed by atoms with Gasteiger partial charge in [0, 0.05) is 10.0 Å². The van der Waals surface area contributed by atoms with Crippen LogP contribution in [-0.4, -0.2) is 10.2 Å². The fourth-order valence-electron chi connectivity index (χ4n) is 2.13. The number of nitrogens with zero attached hydrogens (tertiary/aromatic N) is 1. The van der Waals surface area contributed by atoms with E-state index in [0.29, 0.717) is 15.9 Å². The molecule has 2 aromatic carbocycles. The van der Waals surface area contributed by atoms with Crippen molar-refractivity contribution in [3.63, 3.8) is 0 Å². The van der Waals surface area contributed by atoms with E-state index in [1.165, 1.54) is 0 Å². The molecule has 3 nitrogen and oxygen atoms in total. The molecule has 21 heavy (non-hydrogen) atoms. The van der Waals surface area contributed by atoms with Crippen molar-refractivity contribution in [1.82, 2.24) is 10.2 Å². The molecule has 3 N–H and O–H groups in total. The van der Waals surface area contributed by atoms with Gasteiger partial charge in [0.05, 0.1) is 21.3 Å². The first-order valence-corrected chi connectivity index (χ1v) is 7.66. The van der Waals surface area contributed by atoms with Gasteiger partial charge >= 0.3 is 0 Å². The second kappa shape index (κ2) is 5.72. The van der Waals surface area contributed by atoms with Gasteiger partial charge in [-0.25, -0.2) is 0 Å². The van der Waals surface area contributed by atoms with Crippen LogP contribution >= 0.6 is 39.1 Å². The molecule has 0 aliphatic carbocycles. The molecule has 0 amide bonds.